The average molecular weight is 445 g/mol. The predicted octanol–water partition coefficient (Wildman–Crippen LogP) is 3.36. The maximum Gasteiger partial charge on any atom is 0.273 e. The maximum atomic E-state index is 12.2. The molecule has 164 valence electrons. The lowest BCUT2D eigenvalue weighted by atomic mass is 10.0. The van der Waals surface area contributed by atoms with E-state index in [0.29, 0.717) is 28.7 Å². The van der Waals surface area contributed by atoms with Crippen LogP contribution in [0.25, 0.3) is 0 Å². The third kappa shape index (κ3) is 5.52. The largest absolute Gasteiger partial charge is 0.477 e. The number of aliphatic imine (C=N–C) groups is 1. The first kappa shape index (κ1) is 22.6. The minimum atomic E-state index is -0.369. The van der Waals surface area contributed by atoms with Crippen LogP contribution in [0.5, 0.6) is 5.88 Å². The number of amides is 1. The molecule has 9 heteroatoms. The molecular formula is C22H25ClN4O4. The highest BCUT2D eigenvalue weighted by atomic mass is 35.5. The van der Waals surface area contributed by atoms with Crippen LogP contribution in [0.15, 0.2) is 46.7 Å². The molecule has 1 aliphatic rings. The van der Waals surface area contributed by atoms with Crippen LogP contribution in [-0.2, 0) is 21.0 Å². The van der Waals surface area contributed by atoms with Gasteiger partial charge in [-0.2, -0.15) is 0 Å². The molecular weight excluding hydrogens is 420 g/mol. The fraction of sp³-hybridized carbons (Fsp3) is 0.364. The zero-order valence-corrected chi connectivity index (χ0v) is 18.7. The van der Waals surface area contributed by atoms with Crippen LogP contribution in [0.3, 0.4) is 0 Å². The van der Waals surface area contributed by atoms with E-state index >= 15 is 0 Å². The van der Waals surface area contributed by atoms with Crippen molar-refractivity contribution in [3.63, 3.8) is 0 Å². The number of likely N-dealkylation sites (N-methyl/N-ethyl adjacent to an activating group) is 1. The van der Waals surface area contributed by atoms with Crippen molar-refractivity contribution in [2.75, 3.05) is 20.8 Å². The number of pyridine rings is 1. The van der Waals surface area contributed by atoms with E-state index in [-0.39, 0.29) is 29.6 Å². The minimum Gasteiger partial charge on any atom is -0.477 e. The molecule has 1 aromatic heterocycles. The number of halogens is 1. The quantitative estimate of drug-likeness (QED) is 0.522. The molecule has 1 N–H and O–H groups in total. The first-order valence-corrected chi connectivity index (χ1v) is 10.2. The molecule has 0 fully saturated rings. The summed E-state index contributed by atoms with van der Waals surface area (Å²) in [6.45, 7) is 4.83. The van der Waals surface area contributed by atoms with Crippen molar-refractivity contribution >= 4 is 29.1 Å². The monoisotopic (exact) mass is 444 g/mol. The van der Waals surface area contributed by atoms with Crippen LogP contribution in [-0.4, -0.2) is 48.8 Å². The molecule has 0 bridgehead atoms. The van der Waals surface area contributed by atoms with Crippen molar-refractivity contribution < 1.29 is 19.1 Å². The standard InChI is InChI=1S/C22H25ClN4O4/c1-22(2)9-10-30-20(26-22)15-11-17(23)21(25-12-15)31-13-14-7-5-6-8-16(14)18(27-29-4)19(28)24-3/h5-8,11-12H,9-10,13H2,1-4H3,(H,24,28)/b27-18-. The Bertz CT molecular complexity index is 1020. The van der Waals surface area contributed by atoms with Gasteiger partial charge >= 0.3 is 0 Å². The van der Waals surface area contributed by atoms with E-state index in [9.17, 15) is 4.79 Å². The Balaban J connectivity index is 1.81. The van der Waals surface area contributed by atoms with Crippen molar-refractivity contribution in [3.8, 4) is 5.88 Å². The van der Waals surface area contributed by atoms with Crippen LogP contribution >= 0.6 is 11.6 Å². The number of nitrogens with zero attached hydrogens (tertiary/aromatic N) is 3. The van der Waals surface area contributed by atoms with E-state index in [4.69, 9.17) is 25.9 Å². The normalized spacial score (nSPS) is 15.5. The molecule has 0 radical (unpaired) electrons. The van der Waals surface area contributed by atoms with Gasteiger partial charge in [-0.3, -0.25) is 4.79 Å². The summed E-state index contributed by atoms with van der Waals surface area (Å²) in [6, 6.07) is 8.97. The molecule has 1 aromatic carbocycles. The predicted molar refractivity (Wildman–Crippen MR) is 119 cm³/mol. The summed E-state index contributed by atoms with van der Waals surface area (Å²) in [6.07, 6.45) is 2.47. The molecule has 0 atom stereocenters. The lowest BCUT2D eigenvalue weighted by Crippen LogP contribution is -2.29. The topological polar surface area (TPSA) is 94.4 Å². The SMILES string of the molecule is CNC(=O)/C(=N\OC)c1ccccc1COc1ncc(C2=NC(C)(C)CCO2)cc1Cl. The summed E-state index contributed by atoms with van der Waals surface area (Å²) in [5.41, 5.74) is 1.97. The number of hydrogen-bond donors (Lipinski definition) is 1. The van der Waals surface area contributed by atoms with E-state index in [1.165, 1.54) is 14.2 Å². The second-order valence-electron chi connectivity index (χ2n) is 7.49. The first-order chi connectivity index (χ1) is 14.8. The van der Waals surface area contributed by atoms with Gasteiger partial charge in [-0.25, -0.2) is 9.98 Å². The summed E-state index contributed by atoms with van der Waals surface area (Å²) in [5, 5.41) is 6.74. The van der Waals surface area contributed by atoms with E-state index in [2.05, 4.69) is 34.3 Å². The summed E-state index contributed by atoms with van der Waals surface area (Å²) in [5.74, 6) is 0.417. The van der Waals surface area contributed by atoms with Crippen LogP contribution in [0.4, 0.5) is 0 Å². The number of benzene rings is 1. The molecule has 31 heavy (non-hydrogen) atoms. The molecule has 0 saturated carbocycles. The zero-order chi connectivity index (χ0) is 22.4. The fourth-order valence-corrected chi connectivity index (χ4v) is 3.22. The van der Waals surface area contributed by atoms with Gasteiger partial charge in [0.2, 0.25) is 11.8 Å². The molecule has 3 rings (SSSR count). The summed E-state index contributed by atoms with van der Waals surface area (Å²) in [4.78, 5) is 26.0. The Labute approximate surface area is 186 Å². The van der Waals surface area contributed by atoms with Gasteiger partial charge in [0.1, 0.15) is 18.7 Å². The number of hydrogen-bond acceptors (Lipinski definition) is 7. The highest BCUT2D eigenvalue weighted by molar-refractivity contribution is 6.45. The molecule has 1 aliphatic heterocycles. The van der Waals surface area contributed by atoms with Gasteiger partial charge in [0.15, 0.2) is 5.71 Å². The lowest BCUT2D eigenvalue weighted by Gasteiger charge is -2.26. The second-order valence-corrected chi connectivity index (χ2v) is 7.89. The van der Waals surface area contributed by atoms with Crippen LogP contribution in [0.1, 0.15) is 37.0 Å². The Morgan fingerprint density at radius 3 is 2.81 bits per heavy atom. The van der Waals surface area contributed by atoms with Gasteiger partial charge in [0.05, 0.1) is 17.7 Å². The van der Waals surface area contributed by atoms with Crippen LogP contribution < -0.4 is 10.1 Å². The van der Waals surface area contributed by atoms with Crippen molar-refractivity contribution in [1.29, 1.82) is 0 Å². The van der Waals surface area contributed by atoms with Gasteiger partial charge in [-0.1, -0.05) is 41.0 Å². The third-order valence-corrected chi connectivity index (χ3v) is 4.94. The molecule has 0 spiro atoms. The smallest absolute Gasteiger partial charge is 0.273 e. The molecule has 2 aromatic rings. The van der Waals surface area contributed by atoms with E-state index in [1.807, 2.05) is 12.1 Å². The Hall–Kier alpha value is -3.13. The van der Waals surface area contributed by atoms with Gasteiger partial charge in [0.25, 0.3) is 5.91 Å². The number of rotatable bonds is 7. The van der Waals surface area contributed by atoms with Crippen molar-refractivity contribution in [2.45, 2.75) is 32.4 Å². The van der Waals surface area contributed by atoms with Crippen LogP contribution in [0, 0.1) is 0 Å². The molecule has 0 aliphatic carbocycles. The van der Waals surface area contributed by atoms with Gasteiger partial charge in [-0.15, -0.1) is 0 Å². The van der Waals surface area contributed by atoms with Gasteiger partial charge in [0, 0.05) is 25.2 Å². The molecule has 1 amide bonds. The number of oxime groups is 1. The van der Waals surface area contributed by atoms with E-state index < -0.39 is 0 Å². The zero-order valence-electron chi connectivity index (χ0n) is 17.9. The number of carbonyl (C=O) groups excluding carboxylic acids is 1. The summed E-state index contributed by atoms with van der Waals surface area (Å²) >= 11 is 6.40. The second kappa shape index (κ2) is 9.78. The number of aromatic nitrogens is 1. The van der Waals surface area contributed by atoms with Gasteiger partial charge in [-0.05, 0) is 25.5 Å². The number of nitrogens with one attached hydrogen (secondary N) is 1. The first-order valence-electron chi connectivity index (χ1n) is 9.77. The van der Waals surface area contributed by atoms with E-state index in [1.54, 1.807) is 24.4 Å². The highest BCUT2D eigenvalue weighted by Crippen LogP contribution is 2.27. The third-order valence-electron chi connectivity index (χ3n) is 4.67. The number of ether oxygens (including phenoxy) is 2. The van der Waals surface area contributed by atoms with Crippen molar-refractivity contribution in [3.05, 3.63) is 58.2 Å². The van der Waals surface area contributed by atoms with Gasteiger partial charge < -0.3 is 19.6 Å². The van der Waals surface area contributed by atoms with Crippen molar-refractivity contribution in [1.82, 2.24) is 10.3 Å². The summed E-state index contributed by atoms with van der Waals surface area (Å²) in [7, 11) is 2.91. The van der Waals surface area contributed by atoms with Crippen LogP contribution in [0.2, 0.25) is 5.02 Å². The Morgan fingerprint density at radius 1 is 1.35 bits per heavy atom. The Kier molecular flexibility index (Phi) is 7.12. The highest BCUT2D eigenvalue weighted by Gasteiger charge is 2.24. The number of carbonyl (C=O) groups is 1. The molecule has 8 nitrogen and oxygen atoms in total. The van der Waals surface area contributed by atoms with Crippen molar-refractivity contribution in [2.24, 2.45) is 10.1 Å². The lowest BCUT2D eigenvalue weighted by molar-refractivity contribution is -0.114. The molecule has 0 saturated heterocycles. The molecule has 0 unspecified atom stereocenters. The minimum absolute atomic E-state index is 0.131. The maximum absolute atomic E-state index is 12.2. The summed E-state index contributed by atoms with van der Waals surface area (Å²) < 4.78 is 11.5. The van der Waals surface area contributed by atoms with E-state index in [0.717, 1.165) is 12.0 Å². The Morgan fingerprint density at radius 2 is 2.13 bits per heavy atom. The molecule has 2 heterocycles. The average Bonchev–Trinajstić information content (AvgIpc) is 2.75. The fourth-order valence-electron chi connectivity index (χ4n) is 3.00.